The van der Waals surface area contributed by atoms with E-state index >= 15 is 0 Å². The van der Waals surface area contributed by atoms with Crippen LogP contribution in [0, 0.1) is 0 Å². The van der Waals surface area contributed by atoms with Crippen molar-refractivity contribution in [3.05, 3.63) is 83.9 Å². The molecule has 1 aliphatic rings. The largest absolute Gasteiger partial charge is 0.505 e. The molecule has 7 rings (SSSR count). The summed E-state index contributed by atoms with van der Waals surface area (Å²) in [5.41, 5.74) is 10.1. The van der Waals surface area contributed by atoms with Crippen molar-refractivity contribution in [1.82, 2.24) is 0 Å². The molecule has 0 saturated carbocycles. The topological polar surface area (TPSA) is 376 Å². The molecular weight excluding hydrogens is 849 g/mol. The predicted molar refractivity (Wildman–Crippen MR) is 203 cm³/mol. The molecular formula is C33H22N6O15S4. The first-order valence-corrected chi connectivity index (χ1v) is 21.4. The van der Waals surface area contributed by atoms with Crippen LogP contribution >= 0.6 is 0 Å². The van der Waals surface area contributed by atoms with Gasteiger partial charge in [0.15, 0.2) is 17.3 Å². The van der Waals surface area contributed by atoms with E-state index in [9.17, 15) is 66.9 Å². The van der Waals surface area contributed by atoms with Gasteiger partial charge in [-0.3, -0.25) is 23.0 Å². The first kappa shape index (κ1) is 39.8. The lowest BCUT2D eigenvalue weighted by atomic mass is 10.0. The van der Waals surface area contributed by atoms with Gasteiger partial charge in [0, 0.05) is 33.3 Å². The summed E-state index contributed by atoms with van der Waals surface area (Å²) in [7, 11) is -20.0. The van der Waals surface area contributed by atoms with Gasteiger partial charge in [-0.2, -0.15) is 43.9 Å². The molecule has 0 radical (unpaired) electrons. The maximum Gasteiger partial charge on any atom is 0.296 e. The normalized spacial score (nSPS) is 13.6. The molecule has 10 N–H and O–H groups in total. The molecule has 0 aromatic heterocycles. The van der Waals surface area contributed by atoms with E-state index in [0.717, 1.165) is 36.4 Å². The van der Waals surface area contributed by atoms with Crippen LogP contribution in [0.1, 0.15) is 15.9 Å². The number of ketones is 1. The number of carbonyl (C=O) groups excluding carboxylic acids is 1. The highest BCUT2D eigenvalue weighted by molar-refractivity contribution is 7.86. The Hall–Kier alpha value is -6.45. The summed E-state index contributed by atoms with van der Waals surface area (Å²) in [6.45, 7) is 0. The Bertz CT molecular complexity index is 3180. The van der Waals surface area contributed by atoms with Crippen molar-refractivity contribution in [1.29, 1.82) is 0 Å². The molecule has 25 heteroatoms. The minimum absolute atomic E-state index is 0.0319. The summed E-state index contributed by atoms with van der Waals surface area (Å²) in [6, 6.07) is 12.7. The third-order valence-electron chi connectivity index (χ3n) is 8.78. The molecule has 21 nitrogen and oxygen atoms in total. The van der Waals surface area contributed by atoms with Crippen molar-refractivity contribution >= 4 is 102 Å². The number of nitrogen functional groups attached to an aromatic ring is 2. The van der Waals surface area contributed by atoms with E-state index in [1.165, 1.54) is 36.4 Å². The van der Waals surface area contributed by atoms with Crippen molar-refractivity contribution in [2.24, 2.45) is 20.5 Å². The van der Waals surface area contributed by atoms with Crippen molar-refractivity contribution in [3.8, 4) is 22.6 Å². The van der Waals surface area contributed by atoms with Gasteiger partial charge >= 0.3 is 0 Å². The monoisotopic (exact) mass is 870 g/mol. The third kappa shape index (κ3) is 6.96. The number of hydrogen-bond donors (Lipinski definition) is 8. The van der Waals surface area contributed by atoms with Gasteiger partial charge in [-0.1, -0.05) is 0 Å². The van der Waals surface area contributed by atoms with Gasteiger partial charge in [0.05, 0.1) is 21.2 Å². The number of hydrogen-bond acceptors (Lipinski definition) is 17. The summed E-state index contributed by atoms with van der Waals surface area (Å²) in [4.78, 5) is 9.78. The molecule has 6 aromatic rings. The zero-order valence-corrected chi connectivity index (χ0v) is 31.6. The Kier molecular flexibility index (Phi) is 9.13. The van der Waals surface area contributed by atoms with Crippen LogP contribution in [0.2, 0.25) is 0 Å². The van der Waals surface area contributed by atoms with Gasteiger partial charge in [-0.25, -0.2) is 0 Å². The fraction of sp³-hybridized carbons (Fsp3) is 0. The van der Waals surface area contributed by atoms with Crippen LogP contribution in [0.5, 0.6) is 11.5 Å². The Labute approximate surface area is 325 Å². The second-order valence-electron chi connectivity index (χ2n) is 12.5. The third-order valence-corrected chi connectivity index (χ3v) is 12.2. The van der Waals surface area contributed by atoms with Gasteiger partial charge in [-0.15, -0.1) is 10.2 Å². The lowest BCUT2D eigenvalue weighted by Gasteiger charge is -2.12. The molecule has 1 aliphatic carbocycles. The van der Waals surface area contributed by atoms with Crippen LogP contribution in [0.25, 0.3) is 32.7 Å². The SMILES string of the molecule is Nc1cc(S(=O)(=O)O)cc2cc(S(=O)(=O)O)c(N=Nc3ccc4c(c3)-c3cc(N=Nc5c(S(=O)(=O)O)cc6cc(S(=O)(=O)O)cc(N)c6c5O)ccc3C4=O)c(O)c12. The number of benzene rings is 6. The lowest BCUT2D eigenvalue weighted by Crippen LogP contribution is -2.02. The van der Waals surface area contributed by atoms with Gasteiger partial charge in [0.1, 0.15) is 21.2 Å². The maximum absolute atomic E-state index is 13.3. The number of phenols is 2. The fourth-order valence-corrected chi connectivity index (χ4v) is 8.68. The Morgan fingerprint density at radius 2 is 0.810 bits per heavy atom. The molecule has 0 amide bonds. The number of nitrogens with two attached hydrogens (primary N) is 2. The van der Waals surface area contributed by atoms with Gasteiger partial charge in [-0.05, 0) is 94.7 Å². The number of nitrogens with zero attached hydrogens (tertiary/aromatic N) is 4. The Balaban J connectivity index is 1.30. The van der Waals surface area contributed by atoms with Crippen molar-refractivity contribution < 1.29 is 66.9 Å². The summed E-state index contributed by atoms with van der Waals surface area (Å²) >= 11 is 0. The van der Waals surface area contributed by atoms with Crippen LogP contribution in [-0.2, 0) is 40.5 Å². The molecule has 0 bridgehead atoms. The molecule has 0 aliphatic heterocycles. The first-order valence-electron chi connectivity index (χ1n) is 15.6. The molecule has 6 aromatic carbocycles. The summed E-state index contributed by atoms with van der Waals surface area (Å²) < 4.78 is 135. The second kappa shape index (κ2) is 13.3. The van der Waals surface area contributed by atoms with E-state index in [1.54, 1.807) is 0 Å². The smallest absolute Gasteiger partial charge is 0.296 e. The van der Waals surface area contributed by atoms with Gasteiger partial charge in [0.25, 0.3) is 40.5 Å². The Morgan fingerprint density at radius 3 is 1.14 bits per heavy atom. The number of aromatic hydroxyl groups is 2. The molecule has 0 unspecified atom stereocenters. The second-order valence-corrected chi connectivity index (χ2v) is 18.1. The number of fused-ring (bicyclic) bond motifs is 5. The number of rotatable bonds is 8. The van der Waals surface area contributed by atoms with E-state index in [1.807, 2.05) is 0 Å². The minimum atomic E-state index is -5.16. The van der Waals surface area contributed by atoms with Gasteiger partial charge in [0.2, 0.25) is 0 Å². The van der Waals surface area contributed by atoms with Crippen molar-refractivity contribution in [2.45, 2.75) is 19.6 Å². The zero-order valence-electron chi connectivity index (χ0n) is 28.4. The molecule has 0 saturated heterocycles. The Morgan fingerprint density at radius 1 is 0.448 bits per heavy atom. The number of carbonyl (C=O) groups is 1. The first-order chi connectivity index (χ1) is 26.8. The van der Waals surface area contributed by atoms with Crippen LogP contribution < -0.4 is 11.5 Å². The van der Waals surface area contributed by atoms with E-state index in [-0.39, 0.29) is 55.2 Å². The van der Waals surface area contributed by atoms with Crippen molar-refractivity contribution in [2.75, 3.05) is 11.5 Å². The highest BCUT2D eigenvalue weighted by atomic mass is 32.2. The van der Waals surface area contributed by atoms with Gasteiger partial charge < -0.3 is 21.7 Å². The average Bonchev–Trinajstić information content (AvgIpc) is 3.38. The molecule has 0 spiro atoms. The maximum atomic E-state index is 13.3. The zero-order chi connectivity index (χ0) is 42.4. The minimum Gasteiger partial charge on any atom is -0.505 e. The predicted octanol–water partition coefficient (Wildman–Crippen LogP) is 5.60. The van der Waals surface area contributed by atoms with E-state index < -0.39 is 100 Å². The molecule has 298 valence electrons. The van der Waals surface area contributed by atoms with Crippen LogP contribution in [0.15, 0.2) is 113 Å². The van der Waals surface area contributed by atoms with E-state index in [4.69, 9.17) is 11.5 Å². The summed E-state index contributed by atoms with van der Waals surface area (Å²) in [6.07, 6.45) is 0. The summed E-state index contributed by atoms with van der Waals surface area (Å²) in [5, 5.41) is 36.4. The van der Waals surface area contributed by atoms with Crippen LogP contribution in [0.3, 0.4) is 0 Å². The lowest BCUT2D eigenvalue weighted by molar-refractivity contribution is 0.104. The molecule has 0 heterocycles. The molecule has 58 heavy (non-hydrogen) atoms. The van der Waals surface area contributed by atoms with Crippen LogP contribution in [-0.4, -0.2) is 67.9 Å². The highest BCUT2D eigenvalue weighted by Crippen LogP contribution is 2.47. The van der Waals surface area contributed by atoms with E-state index in [2.05, 4.69) is 20.5 Å². The van der Waals surface area contributed by atoms with Crippen molar-refractivity contribution in [3.63, 3.8) is 0 Å². The number of anilines is 2. The fourth-order valence-electron chi connectivity index (χ4n) is 6.26. The quantitative estimate of drug-likeness (QED) is 0.0523. The summed E-state index contributed by atoms with van der Waals surface area (Å²) in [5.74, 6) is -2.30. The van der Waals surface area contributed by atoms with Crippen LogP contribution in [0.4, 0.5) is 34.1 Å². The van der Waals surface area contributed by atoms with E-state index in [0.29, 0.717) is 0 Å². The number of phenolic OH excluding ortho intramolecular Hbond substituents is 2. The standard InChI is InChI=1S/C33H22N6O15S4/c34-23-11-17(55(43,44)45)5-13-7-25(57(49,50)51)29(32(41)27(13)23)38-36-15-1-3-19-21(9-15)22-10-16(2-4-20(22)31(19)40)37-39-30-26(58(52,53)54)8-14-6-18(56(46,47)48)12-24(35)28(14)33(30)42/h1-12,41-42H,34-35H2,(H,43,44,45)(H,46,47,48)(H,49,50,51)(H,52,53,54). The molecule has 0 atom stereocenters. The average molecular weight is 871 g/mol. The number of azo groups is 2. The highest BCUT2D eigenvalue weighted by Gasteiger charge is 2.29. The molecule has 0 fully saturated rings.